The van der Waals surface area contributed by atoms with Gasteiger partial charge in [0.25, 0.3) is 0 Å². The highest BCUT2D eigenvalue weighted by Crippen LogP contribution is 2.37. The predicted octanol–water partition coefficient (Wildman–Crippen LogP) is 4.37. The van der Waals surface area contributed by atoms with E-state index in [1.807, 2.05) is 6.92 Å². The maximum Gasteiger partial charge on any atom is 0.419 e. The second-order valence-corrected chi connectivity index (χ2v) is 4.64. The number of carbonyl (C=O) groups is 1. The maximum atomic E-state index is 13.0. The lowest BCUT2D eigenvalue weighted by atomic mass is 10.1. The zero-order valence-corrected chi connectivity index (χ0v) is 11.8. The Kier molecular flexibility index (Phi) is 5.81. The van der Waals surface area contributed by atoms with E-state index in [0.29, 0.717) is 6.42 Å². The number of ether oxygens (including phenoxy) is 1. The fraction of sp³-hybridized carbons (Fsp3) is 0.400. The number of aliphatic carboxylic acids is 1. The first-order valence-electron chi connectivity index (χ1n) is 6.53. The van der Waals surface area contributed by atoms with Gasteiger partial charge in [-0.15, -0.1) is 0 Å². The first kappa shape index (κ1) is 17.1. The zero-order valence-electron chi connectivity index (χ0n) is 11.8. The van der Waals surface area contributed by atoms with E-state index in [2.05, 4.69) is 0 Å². The molecule has 0 amide bonds. The van der Waals surface area contributed by atoms with Crippen molar-refractivity contribution in [3.8, 4) is 5.75 Å². The van der Waals surface area contributed by atoms with E-state index < -0.39 is 17.7 Å². The number of carboxylic acids is 1. The highest BCUT2D eigenvalue weighted by Gasteiger charge is 2.34. The molecule has 1 atom stereocenters. The summed E-state index contributed by atoms with van der Waals surface area (Å²) >= 11 is 0. The summed E-state index contributed by atoms with van der Waals surface area (Å²) in [7, 11) is 0. The van der Waals surface area contributed by atoms with Crippen molar-refractivity contribution in [2.45, 2.75) is 39.0 Å². The Hall–Kier alpha value is -1.98. The monoisotopic (exact) mass is 302 g/mol. The van der Waals surface area contributed by atoms with Crippen LogP contribution < -0.4 is 4.74 Å². The number of alkyl halides is 3. The normalized spacial score (nSPS) is 13.4. The van der Waals surface area contributed by atoms with Gasteiger partial charge in [-0.25, -0.2) is 4.79 Å². The van der Waals surface area contributed by atoms with Gasteiger partial charge >= 0.3 is 12.1 Å². The smallest absolute Gasteiger partial charge is 0.419 e. The fourth-order valence-corrected chi connectivity index (χ4v) is 1.83. The van der Waals surface area contributed by atoms with Gasteiger partial charge in [-0.05, 0) is 37.1 Å². The summed E-state index contributed by atoms with van der Waals surface area (Å²) in [6.45, 7) is 3.63. The van der Waals surface area contributed by atoms with Crippen LogP contribution in [-0.4, -0.2) is 17.2 Å². The molecule has 0 aliphatic heterocycles. The molecule has 0 saturated heterocycles. The molecule has 0 heterocycles. The van der Waals surface area contributed by atoms with Crippen molar-refractivity contribution >= 4 is 12.0 Å². The SMILES string of the molecule is CCCC(C)Oc1ccc(/C=C/C(=O)O)cc1C(F)(F)F. The minimum atomic E-state index is -4.56. The molecule has 0 fully saturated rings. The average molecular weight is 302 g/mol. The first-order chi connectivity index (χ1) is 9.74. The first-order valence-corrected chi connectivity index (χ1v) is 6.53. The fourth-order valence-electron chi connectivity index (χ4n) is 1.83. The lowest BCUT2D eigenvalue weighted by Gasteiger charge is -2.18. The minimum absolute atomic E-state index is 0.153. The molecule has 0 aliphatic carbocycles. The van der Waals surface area contributed by atoms with E-state index in [4.69, 9.17) is 9.84 Å². The van der Waals surface area contributed by atoms with Crippen LogP contribution in [0.25, 0.3) is 6.08 Å². The highest BCUT2D eigenvalue weighted by atomic mass is 19.4. The summed E-state index contributed by atoms with van der Waals surface area (Å²) in [4.78, 5) is 10.4. The van der Waals surface area contributed by atoms with Gasteiger partial charge in [0.05, 0.1) is 11.7 Å². The summed E-state index contributed by atoms with van der Waals surface area (Å²) in [6, 6.07) is 3.49. The number of halogens is 3. The topological polar surface area (TPSA) is 46.5 Å². The van der Waals surface area contributed by atoms with Crippen molar-refractivity contribution in [3.63, 3.8) is 0 Å². The Balaban J connectivity index is 3.11. The molecule has 1 N–H and O–H groups in total. The molecule has 0 saturated carbocycles. The Labute approximate surface area is 121 Å². The standard InChI is InChI=1S/C15H17F3O3/c1-3-4-10(2)21-13-7-5-11(6-8-14(19)20)9-12(13)15(16,17)18/h5-10H,3-4H2,1-2H3,(H,19,20)/b8-6+. The third-order valence-electron chi connectivity index (χ3n) is 2.75. The molecular formula is C15H17F3O3. The molecule has 21 heavy (non-hydrogen) atoms. The summed E-state index contributed by atoms with van der Waals surface area (Å²) < 4.78 is 44.5. The molecule has 1 unspecified atom stereocenters. The van der Waals surface area contributed by atoms with Crippen LogP contribution in [-0.2, 0) is 11.0 Å². The molecule has 0 radical (unpaired) electrons. The van der Waals surface area contributed by atoms with Gasteiger partial charge in [-0.1, -0.05) is 19.4 Å². The molecule has 0 bridgehead atoms. The molecule has 1 aromatic rings. The van der Waals surface area contributed by atoms with Crippen molar-refractivity contribution in [3.05, 3.63) is 35.4 Å². The third kappa shape index (κ3) is 5.49. The second-order valence-electron chi connectivity index (χ2n) is 4.64. The molecule has 0 aromatic heterocycles. The van der Waals surface area contributed by atoms with Gasteiger partial charge < -0.3 is 9.84 Å². The van der Waals surface area contributed by atoms with Gasteiger partial charge in [0.2, 0.25) is 0 Å². The number of hydrogen-bond acceptors (Lipinski definition) is 2. The van der Waals surface area contributed by atoms with Crippen molar-refractivity contribution in [1.29, 1.82) is 0 Å². The van der Waals surface area contributed by atoms with Crippen LogP contribution >= 0.6 is 0 Å². The van der Waals surface area contributed by atoms with Crippen LogP contribution in [0, 0.1) is 0 Å². The number of rotatable bonds is 6. The van der Waals surface area contributed by atoms with E-state index in [0.717, 1.165) is 24.6 Å². The number of carboxylic acid groups (broad SMARTS) is 1. The van der Waals surface area contributed by atoms with Crippen LogP contribution in [0.2, 0.25) is 0 Å². The molecule has 3 nitrogen and oxygen atoms in total. The Bertz CT molecular complexity index is 521. The van der Waals surface area contributed by atoms with Gasteiger partial charge in [0, 0.05) is 6.08 Å². The van der Waals surface area contributed by atoms with Crippen molar-refractivity contribution in [2.24, 2.45) is 0 Å². The molecule has 116 valence electrons. The molecule has 1 rings (SSSR count). The Morgan fingerprint density at radius 2 is 2.10 bits per heavy atom. The average Bonchev–Trinajstić information content (AvgIpc) is 2.36. The lowest BCUT2D eigenvalue weighted by Crippen LogP contribution is -2.15. The largest absolute Gasteiger partial charge is 0.490 e. The summed E-state index contributed by atoms with van der Waals surface area (Å²) in [5, 5.41) is 8.50. The van der Waals surface area contributed by atoms with Gasteiger partial charge in [-0.3, -0.25) is 0 Å². The van der Waals surface area contributed by atoms with Gasteiger partial charge in [0.15, 0.2) is 0 Å². The van der Waals surface area contributed by atoms with Crippen molar-refractivity contribution in [1.82, 2.24) is 0 Å². The summed E-state index contributed by atoms with van der Waals surface area (Å²) in [5.74, 6) is -1.46. The Morgan fingerprint density at radius 3 is 2.62 bits per heavy atom. The second kappa shape index (κ2) is 7.15. The quantitative estimate of drug-likeness (QED) is 0.794. The molecule has 0 spiro atoms. The summed E-state index contributed by atoms with van der Waals surface area (Å²) in [5.41, 5.74) is -0.752. The van der Waals surface area contributed by atoms with Crippen LogP contribution in [0.5, 0.6) is 5.75 Å². The predicted molar refractivity (Wildman–Crippen MR) is 73.1 cm³/mol. The maximum absolute atomic E-state index is 13.0. The Morgan fingerprint density at radius 1 is 1.43 bits per heavy atom. The van der Waals surface area contributed by atoms with Crippen LogP contribution in [0.4, 0.5) is 13.2 Å². The van der Waals surface area contributed by atoms with Gasteiger partial charge in [-0.2, -0.15) is 13.2 Å². The van der Waals surface area contributed by atoms with E-state index in [1.54, 1.807) is 6.92 Å². The molecule has 1 aromatic carbocycles. The minimum Gasteiger partial charge on any atom is -0.490 e. The van der Waals surface area contributed by atoms with Crippen LogP contribution in [0.1, 0.15) is 37.8 Å². The van der Waals surface area contributed by atoms with Crippen molar-refractivity contribution < 1.29 is 27.8 Å². The third-order valence-corrected chi connectivity index (χ3v) is 2.75. The molecular weight excluding hydrogens is 285 g/mol. The number of hydrogen-bond donors (Lipinski definition) is 1. The molecule has 0 aliphatic rings. The van der Waals surface area contributed by atoms with Gasteiger partial charge in [0.1, 0.15) is 5.75 Å². The zero-order chi connectivity index (χ0) is 16.0. The lowest BCUT2D eigenvalue weighted by molar-refractivity contribution is -0.139. The van der Waals surface area contributed by atoms with E-state index in [1.165, 1.54) is 12.1 Å². The van der Waals surface area contributed by atoms with E-state index >= 15 is 0 Å². The van der Waals surface area contributed by atoms with Crippen molar-refractivity contribution in [2.75, 3.05) is 0 Å². The van der Waals surface area contributed by atoms with Crippen LogP contribution in [0.15, 0.2) is 24.3 Å². The van der Waals surface area contributed by atoms with Crippen LogP contribution in [0.3, 0.4) is 0 Å². The van der Waals surface area contributed by atoms with E-state index in [-0.39, 0.29) is 17.4 Å². The summed E-state index contributed by atoms with van der Waals surface area (Å²) in [6.07, 6.45) is -1.53. The van der Waals surface area contributed by atoms with E-state index in [9.17, 15) is 18.0 Å². The highest BCUT2D eigenvalue weighted by molar-refractivity contribution is 5.85. The number of benzene rings is 1. The molecule has 6 heteroatoms.